The predicted molar refractivity (Wildman–Crippen MR) is 77.6 cm³/mol. The van der Waals surface area contributed by atoms with Crippen LogP contribution in [0.15, 0.2) is 17.1 Å². The molecule has 0 saturated carbocycles. The summed E-state index contributed by atoms with van der Waals surface area (Å²) in [4.78, 5) is 15.9. The molecular formula is C15H22N2O. The van der Waals surface area contributed by atoms with E-state index in [9.17, 15) is 4.79 Å². The Hall–Kier alpha value is -1.64. The molecule has 1 aromatic rings. The summed E-state index contributed by atoms with van der Waals surface area (Å²) < 4.78 is 0. The second kappa shape index (κ2) is 6.34. The van der Waals surface area contributed by atoms with Crippen molar-refractivity contribution in [3.63, 3.8) is 0 Å². The number of unbranched alkanes of at least 4 members (excludes halogenated alkanes) is 1. The fourth-order valence-electron chi connectivity index (χ4n) is 2.06. The van der Waals surface area contributed by atoms with Crippen LogP contribution in [0.5, 0.6) is 0 Å². The molecule has 0 aliphatic carbocycles. The molecule has 0 aliphatic rings. The average Bonchev–Trinajstić information content (AvgIpc) is 2.31. The van der Waals surface area contributed by atoms with Crippen molar-refractivity contribution < 1.29 is 4.79 Å². The topological polar surface area (TPSA) is 55.5 Å². The molecule has 0 heterocycles. The minimum Gasteiger partial charge on any atom is -0.398 e. The Morgan fingerprint density at radius 3 is 2.50 bits per heavy atom. The fraction of sp³-hybridized carbons (Fsp3) is 0.467. The largest absolute Gasteiger partial charge is 0.398 e. The van der Waals surface area contributed by atoms with Gasteiger partial charge in [0.2, 0.25) is 0 Å². The minimum absolute atomic E-state index is 0.000283. The van der Waals surface area contributed by atoms with Crippen molar-refractivity contribution in [2.45, 2.75) is 40.0 Å². The molecule has 0 saturated heterocycles. The van der Waals surface area contributed by atoms with Crippen LogP contribution >= 0.6 is 0 Å². The number of nitrogens with two attached hydrogens (primary N) is 1. The summed E-state index contributed by atoms with van der Waals surface area (Å²) in [6.07, 6.45) is 3.17. The standard InChI is InChI=1S/C15H22N2O/c1-5-6-7-15(17-4)12-9-13(11(3)18)14(16)8-10(12)2/h8-9H,5-7,16H2,1-4H3. The molecule has 3 heteroatoms. The molecule has 0 amide bonds. The van der Waals surface area contributed by atoms with E-state index in [1.807, 2.05) is 19.1 Å². The summed E-state index contributed by atoms with van der Waals surface area (Å²) >= 11 is 0. The molecule has 2 N–H and O–H groups in total. The van der Waals surface area contributed by atoms with Crippen molar-refractivity contribution in [1.29, 1.82) is 0 Å². The maximum absolute atomic E-state index is 11.5. The van der Waals surface area contributed by atoms with Crippen LogP contribution in [0.25, 0.3) is 0 Å². The Labute approximate surface area is 109 Å². The summed E-state index contributed by atoms with van der Waals surface area (Å²) in [5.74, 6) is -0.000283. The number of benzene rings is 1. The molecule has 3 nitrogen and oxygen atoms in total. The Morgan fingerprint density at radius 2 is 2.00 bits per heavy atom. The zero-order valence-corrected chi connectivity index (χ0v) is 11.7. The number of aryl methyl sites for hydroxylation is 1. The van der Waals surface area contributed by atoms with Crippen molar-refractivity contribution in [2.75, 3.05) is 12.8 Å². The van der Waals surface area contributed by atoms with Gasteiger partial charge in [0.15, 0.2) is 5.78 Å². The number of Topliss-reactive ketones (excluding diaryl/α,β-unsaturated/α-hetero) is 1. The maximum atomic E-state index is 11.5. The first-order valence-electron chi connectivity index (χ1n) is 6.38. The highest BCUT2D eigenvalue weighted by Gasteiger charge is 2.12. The Morgan fingerprint density at radius 1 is 1.33 bits per heavy atom. The highest BCUT2D eigenvalue weighted by atomic mass is 16.1. The molecule has 0 aromatic heterocycles. The van der Waals surface area contributed by atoms with Crippen molar-refractivity contribution in [3.8, 4) is 0 Å². The van der Waals surface area contributed by atoms with Gasteiger partial charge in [-0.25, -0.2) is 0 Å². The van der Waals surface area contributed by atoms with Crippen LogP contribution < -0.4 is 5.73 Å². The van der Waals surface area contributed by atoms with Gasteiger partial charge in [0.1, 0.15) is 0 Å². The van der Waals surface area contributed by atoms with Gasteiger partial charge in [0.05, 0.1) is 0 Å². The molecule has 0 atom stereocenters. The van der Waals surface area contributed by atoms with Crippen LogP contribution in [0.4, 0.5) is 5.69 Å². The monoisotopic (exact) mass is 246 g/mol. The van der Waals surface area contributed by atoms with Crippen molar-refractivity contribution in [2.24, 2.45) is 4.99 Å². The average molecular weight is 246 g/mol. The molecule has 0 aliphatic heterocycles. The van der Waals surface area contributed by atoms with Crippen LogP contribution in [0.1, 0.15) is 54.6 Å². The number of hydrogen-bond donors (Lipinski definition) is 1. The first kappa shape index (κ1) is 14.4. The van der Waals surface area contributed by atoms with E-state index >= 15 is 0 Å². The van der Waals surface area contributed by atoms with E-state index in [1.54, 1.807) is 14.0 Å². The third-order valence-corrected chi connectivity index (χ3v) is 3.12. The van der Waals surface area contributed by atoms with Crippen molar-refractivity contribution >= 4 is 17.2 Å². The summed E-state index contributed by atoms with van der Waals surface area (Å²) in [5, 5.41) is 0. The molecule has 0 bridgehead atoms. The lowest BCUT2D eigenvalue weighted by atomic mass is 9.95. The van der Waals surface area contributed by atoms with Crippen LogP contribution in [0.2, 0.25) is 0 Å². The highest BCUT2D eigenvalue weighted by molar-refractivity contribution is 6.06. The van der Waals surface area contributed by atoms with E-state index in [0.717, 1.165) is 36.1 Å². The van der Waals surface area contributed by atoms with Crippen molar-refractivity contribution in [1.82, 2.24) is 0 Å². The van der Waals surface area contributed by atoms with E-state index in [2.05, 4.69) is 11.9 Å². The molecule has 1 aromatic carbocycles. The SMILES string of the molecule is CCCCC(=NC)c1cc(C(C)=O)c(N)cc1C. The Kier molecular flexibility index (Phi) is 5.08. The molecule has 18 heavy (non-hydrogen) atoms. The van der Waals surface area contributed by atoms with Gasteiger partial charge in [-0.05, 0) is 49.9 Å². The highest BCUT2D eigenvalue weighted by Crippen LogP contribution is 2.21. The molecule has 0 fully saturated rings. The molecule has 0 spiro atoms. The zero-order chi connectivity index (χ0) is 13.7. The summed E-state index contributed by atoms with van der Waals surface area (Å²) in [6, 6.07) is 3.74. The van der Waals surface area contributed by atoms with Gasteiger partial charge in [0.25, 0.3) is 0 Å². The Balaban J connectivity index is 3.22. The molecule has 0 unspecified atom stereocenters. The van der Waals surface area contributed by atoms with Crippen LogP contribution in [0.3, 0.4) is 0 Å². The molecule has 0 radical (unpaired) electrons. The predicted octanol–water partition coefficient (Wildman–Crippen LogP) is 3.39. The molecular weight excluding hydrogens is 224 g/mol. The number of carbonyl (C=O) groups is 1. The number of carbonyl (C=O) groups excluding carboxylic acids is 1. The number of aliphatic imine (C=N–C) groups is 1. The summed E-state index contributed by atoms with van der Waals surface area (Å²) in [6.45, 7) is 5.70. The number of hydrogen-bond acceptors (Lipinski definition) is 3. The molecule has 1 rings (SSSR count). The third-order valence-electron chi connectivity index (χ3n) is 3.12. The van der Waals surface area contributed by atoms with E-state index in [-0.39, 0.29) is 5.78 Å². The third kappa shape index (κ3) is 3.19. The summed E-state index contributed by atoms with van der Waals surface area (Å²) in [7, 11) is 1.80. The van der Waals surface area contributed by atoms with Crippen LogP contribution in [-0.2, 0) is 0 Å². The summed E-state index contributed by atoms with van der Waals surface area (Å²) in [5.41, 5.74) is 10.2. The normalized spacial score (nSPS) is 11.7. The van der Waals surface area contributed by atoms with Gasteiger partial charge in [-0.3, -0.25) is 9.79 Å². The van der Waals surface area contributed by atoms with E-state index in [0.29, 0.717) is 11.3 Å². The van der Waals surface area contributed by atoms with Gasteiger partial charge in [0, 0.05) is 24.0 Å². The first-order valence-corrected chi connectivity index (χ1v) is 6.38. The van der Waals surface area contributed by atoms with Gasteiger partial charge >= 0.3 is 0 Å². The second-order valence-corrected chi connectivity index (χ2v) is 4.58. The minimum atomic E-state index is -0.000283. The van der Waals surface area contributed by atoms with Crippen molar-refractivity contribution in [3.05, 3.63) is 28.8 Å². The number of nitrogens with zero attached hydrogens (tertiary/aromatic N) is 1. The lowest BCUT2D eigenvalue weighted by Gasteiger charge is -2.12. The van der Waals surface area contributed by atoms with E-state index in [1.165, 1.54) is 0 Å². The lowest BCUT2D eigenvalue weighted by Crippen LogP contribution is -2.08. The van der Waals surface area contributed by atoms with Gasteiger partial charge < -0.3 is 5.73 Å². The maximum Gasteiger partial charge on any atom is 0.161 e. The lowest BCUT2D eigenvalue weighted by molar-refractivity contribution is 0.101. The smallest absolute Gasteiger partial charge is 0.161 e. The fourth-order valence-corrected chi connectivity index (χ4v) is 2.06. The second-order valence-electron chi connectivity index (χ2n) is 4.58. The van der Waals surface area contributed by atoms with E-state index in [4.69, 9.17) is 5.73 Å². The quantitative estimate of drug-likeness (QED) is 0.492. The van der Waals surface area contributed by atoms with Gasteiger partial charge in [-0.15, -0.1) is 0 Å². The number of nitrogen functional groups attached to an aromatic ring is 1. The number of rotatable bonds is 5. The van der Waals surface area contributed by atoms with Gasteiger partial charge in [-0.1, -0.05) is 13.3 Å². The van der Waals surface area contributed by atoms with Crippen LogP contribution in [-0.4, -0.2) is 18.5 Å². The first-order chi connectivity index (χ1) is 8.51. The number of ketones is 1. The zero-order valence-electron chi connectivity index (χ0n) is 11.7. The Bertz CT molecular complexity index is 476. The molecule has 98 valence electrons. The van der Waals surface area contributed by atoms with Crippen LogP contribution in [0, 0.1) is 6.92 Å². The number of anilines is 1. The van der Waals surface area contributed by atoms with E-state index < -0.39 is 0 Å². The van der Waals surface area contributed by atoms with Gasteiger partial charge in [-0.2, -0.15) is 0 Å².